The Hall–Kier alpha value is -1.21. The molecule has 138 valence electrons. The first-order valence-corrected chi connectivity index (χ1v) is 8.97. The number of pyridine rings is 1. The molecule has 25 heavy (non-hydrogen) atoms. The number of piperidine rings is 1. The summed E-state index contributed by atoms with van der Waals surface area (Å²) in [5.41, 5.74) is 1.80. The molecule has 1 amide bonds. The summed E-state index contributed by atoms with van der Waals surface area (Å²) in [4.78, 5) is 21.1. The van der Waals surface area contributed by atoms with Crippen LogP contribution in [-0.4, -0.2) is 35.0 Å². The van der Waals surface area contributed by atoms with Crippen LogP contribution >= 0.6 is 36.2 Å². The Balaban J connectivity index is 0.00000156. The Morgan fingerprint density at radius 1 is 1.36 bits per heavy atom. The number of carbonyl (C=O) groups is 1. The van der Waals surface area contributed by atoms with Gasteiger partial charge in [-0.2, -0.15) is 0 Å². The van der Waals surface area contributed by atoms with E-state index in [0.29, 0.717) is 12.6 Å². The predicted octanol–water partition coefficient (Wildman–Crippen LogP) is 3.10. The largest absolute Gasteiger partial charge is 0.355 e. The number of amides is 1. The Morgan fingerprint density at radius 2 is 2.20 bits per heavy atom. The molecule has 2 N–H and O–H groups in total. The van der Waals surface area contributed by atoms with Crippen LogP contribution in [0, 0.1) is 5.92 Å². The summed E-state index contributed by atoms with van der Waals surface area (Å²) >= 11 is 1.62. The van der Waals surface area contributed by atoms with Crippen molar-refractivity contribution in [3.8, 4) is 11.4 Å². The van der Waals surface area contributed by atoms with Crippen molar-refractivity contribution in [3.63, 3.8) is 0 Å². The van der Waals surface area contributed by atoms with Crippen molar-refractivity contribution < 1.29 is 4.79 Å². The molecule has 1 aliphatic rings. The Labute approximate surface area is 164 Å². The highest BCUT2D eigenvalue weighted by atomic mass is 35.5. The van der Waals surface area contributed by atoms with E-state index in [-0.39, 0.29) is 36.6 Å². The Bertz CT molecular complexity index is 653. The van der Waals surface area contributed by atoms with Crippen LogP contribution in [0.1, 0.15) is 24.8 Å². The fourth-order valence-corrected chi connectivity index (χ4v) is 3.66. The highest BCUT2D eigenvalue weighted by Crippen LogP contribution is 2.20. The molecule has 0 radical (unpaired) electrons. The molecular weight excluding hydrogens is 379 g/mol. The molecule has 1 aliphatic heterocycles. The van der Waals surface area contributed by atoms with Crippen LogP contribution in [0.15, 0.2) is 29.8 Å². The average molecular weight is 403 g/mol. The van der Waals surface area contributed by atoms with Gasteiger partial charge < -0.3 is 10.6 Å². The van der Waals surface area contributed by atoms with Crippen molar-refractivity contribution in [3.05, 3.63) is 34.8 Å². The molecule has 0 spiro atoms. The number of thiazole rings is 1. The molecule has 3 rings (SSSR count). The lowest BCUT2D eigenvalue weighted by Gasteiger charge is -2.27. The summed E-state index contributed by atoms with van der Waals surface area (Å²) in [6.07, 6.45) is 4.39. The van der Waals surface area contributed by atoms with Crippen LogP contribution in [0.4, 0.5) is 0 Å². The zero-order valence-electron chi connectivity index (χ0n) is 14.1. The third-order valence-corrected chi connectivity index (χ3v) is 5.02. The molecule has 0 unspecified atom stereocenters. The number of nitrogens with one attached hydrogen (secondary N) is 2. The van der Waals surface area contributed by atoms with Gasteiger partial charge in [0.05, 0.1) is 16.4 Å². The number of nitrogens with zero attached hydrogens (tertiary/aromatic N) is 2. The van der Waals surface area contributed by atoms with E-state index in [9.17, 15) is 4.79 Å². The van der Waals surface area contributed by atoms with Crippen molar-refractivity contribution in [1.82, 2.24) is 20.6 Å². The fraction of sp³-hybridized carbons (Fsp3) is 0.471. The molecule has 0 saturated carbocycles. The highest BCUT2D eigenvalue weighted by molar-refractivity contribution is 7.09. The third kappa shape index (κ3) is 6.22. The van der Waals surface area contributed by atoms with Gasteiger partial charge in [0.1, 0.15) is 0 Å². The van der Waals surface area contributed by atoms with Crippen molar-refractivity contribution in [2.75, 3.05) is 13.1 Å². The monoisotopic (exact) mass is 402 g/mol. The standard InChI is InChI=1S/C17H22N4OS.2ClH/c1-12-10-13(5-8-18-12)17(22)20-9-6-16-21-15(11-23-16)14-4-2-3-7-19-14;;/h2-4,7,11-13,18H,5-6,8-10H2,1H3,(H,20,22);2*1H/t12-,13-;;/m0../s1. The number of aromatic nitrogens is 2. The van der Waals surface area contributed by atoms with Gasteiger partial charge in [-0.3, -0.25) is 9.78 Å². The van der Waals surface area contributed by atoms with Crippen molar-refractivity contribution in [2.45, 2.75) is 32.2 Å². The number of hydrogen-bond acceptors (Lipinski definition) is 5. The summed E-state index contributed by atoms with van der Waals surface area (Å²) in [6, 6.07) is 6.24. The third-order valence-electron chi connectivity index (χ3n) is 4.11. The van der Waals surface area contributed by atoms with Gasteiger partial charge in [-0.25, -0.2) is 4.98 Å². The lowest BCUT2D eigenvalue weighted by atomic mass is 9.92. The molecule has 3 heterocycles. The quantitative estimate of drug-likeness (QED) is 0.805. The zero-order valence-corrected chi connectivity index (χ0v) is 16.6. The molecule has 5 nitrogen and oxygen atoms in total. The molecule has 0 aromatic carbocycles. The smallest absolute Gasteiger partial charge is 0.223 e. The van der Waals surface area contributed by atoms with Crippen LogP contribution in [0.2, 0.25) is 0 Å². The molecule has 0 aliphatic carbocycles. The molecule has 0 bridgehead atoms. The van der Waals surface area contributed by atoms with Gasteiger partial charge in [0.2, 0.25) is 5.91 Å². The van der Waals surface area contributed by atoms with Gasteiger partial charge in [0.25, 0.3) is 0 Å². The minimum Gasteiger partial charge on any atom is -0.355 e. The normalized spacial score (nSPS) is 19.4. The van der Waals surface area contributed by atoms with E-state index in [1.165, 1.54) is 0 Å². The van der Waals surface area contributed by atoms with E-state index < -0.39 is 0 Å². The van der Waals surface area contributed by atoms with Crippen molar-refractivity contribution >= 4 is 42.1 Å². The van der Waals surface area contributed by atoms with E-state index in [0.717, 1.165) is 42.2 Å². The molecule has 2 aromatic rings. The van der Waals surface area contributed by atoms with E-state index >= 15 is 0 Å². The van der Waals surface area contributed by atoms with Crippen LogP contribution in [0.25, 0.3) is 11.4 Å². The summed E-state index contributed by atoms with van der Waals surface area (Å²) in [7, 11) is 0. The van der Waals surface area contributed by atoms with Crippen LogP contribution in [-0.2, 0) is 11.2 Å². The van der Waals surface area contributed by atoms with Crippen LogP contribution in [0.3, 0.4) is 0 Å². The number of rotatable bonds is 5. The topological polar surface area (TPSA) is 66.9 Å². The maximum absolute atomic E-state index is 12.2. The van der Waals surface area contributed by atoms with E-state index in [1.807, 2.05) is 23.6 Å². The number of halogens is 2. The Morgan fingerprint density at radius 3 is 2.92 bits per heavy atom. The second kappa shape index (κ2) is 10.7. The first-order chi connectivity index (χ1) is 11.2. The molecular formula is C17H24Cl2N4OS. The maximum Gasteiger partial charge on any atom is 0.223 e. The van der Waals surface area contributed by atoms with Crippen molar-refractivity contribution in [1.29, 1.82) is 0 Å². The van der Waals surface area contributed by atoms with E-state index in [1.54, 1.807) is 17.5 Å². The van der Waals surface area contributed by atoms with Crippen LogP contribution in [0.5, 0.6) is 0 Å². The second-order valence-corrected chi connectivity index (χ2v) is 6.90. The molecule has 2 aromatic heterocycles. The lowest BCUT2D eigenvalue weighted by Crippen LogP contribution is -2.42. The Kier molecular flexibility index (Phi) is 9.35. The molecule has 8 heteroatoms. The second-order valence-electron chi connectivity index (χ2n) is 5.96. The van der Waals surface area contributed by atoms with Gasteiger partial charge in [-0.1, -0.05) is 6.07 Å². The summed E-state index contributed by atoms with van der Waals surface area (Å²) in [5.74, 6) is 0.325. The lowest BCUT2D eigenvalue weighted by molar-refractivity contribution is -0.126. The minimum absolute atomic E-state index is 0. The minimum atomic E-state index is 0. The van der Waals surface area contributed by atoms with Gasteiger partial charge >= 0.3 is 0 Å². The van der Waals surface area contributed by atoms with Gasteiger partial charge in [-0.05, 0) is 38.4 Å². The highest BCUT2D eigenvalue weighted by Gasteiger charge is 2.24. The fourth-order valence-electron chi connectivity index (χ4n) is 2.86. The van der Waals surface area contributed by atoms with Gasteiger partial charge in [0.15, 0.2) is 0 Å². The van der Waals surface area contributed by atoms with Gasteiger partial charge in [-0.15, -0.1) is 36.2 Å². The van der Waals surface area contributed by atoms with Crippen LogP contribution < -0.4 is 10.6 Å². The van der Waals surface area contributed by atoms with E-state index in [4.69, 9.17) is 0 Å². The summed E-state index contributed by atoms with van der Waals surface area (Å²) in [6.45, 7) is 3.71. The maximum atomic E-state index is 12.2. The molecule has 1 saturated heterocycles. The van der Waals surface area contributed by atoms with E-state index in [2.05, 4.69) is 27.5 Å². The number of hydrogen-bond donors (Lipinski definition) is 2. The summed E-state index contributed by atoms with van der Waals surface area (Å²) < 4.78 is 0. The molecule has 2 atom stereocenters. The summed E-state index contributed by atoms with van der Waals surface area (Å²) in [5, 5.41) is 9.48. The first-order valence-electron chi connectivity index (χ1n) is 8.09. The van der Waals surface area contributed by atoms with Gasteiger partial charge in [0, 0.05) is 36.5 Å². The number of carbonyl (C=O) groups excluding carboxylic acids is 1. The predicted molar refractivity (Wildman–Crippen MR) is 107 cm³/mol. The SMILES string of the molecule is C[C@H]1C[C@@H](C(=O)NCCc2nc(-c3ccccn3)cs2)CCN1.Cl.Cl. The molecule has 1 fully saturated rings. The first kappa shape index (κ1) is 21.8. The zero-order chi connectivity index (χ0) is 16.1. The van der Waals surface area contributed by atoms with Crippen molar-refractivity contribution in [2.24, 2.45) is 5.92 Å². The average Bonchev–Trinajstić information content (AvgIpc) is 3.04.